The van der Waals surface area contributed by atoms with E-state index in [1.54, 1.807) is 36.7 Å². The molecule has 0 radical (unpaired) electrons. The molecule has 0 saturated carbocycles. The number of pyridine rings is 1. The van der Waals surface area contributed by atoms with E-state index in [1.165, 1.54) is 6.92 Å². The van der Waals surface area contributed by atoms with Crippen LogP contribution in [0.25, 0.3) is 0 Å². The monoisotopic (exact) mass is 310 g/mol. The molecule has 0 bridgehead atoms. The summed E-state index contributed by atoms with van der Waals surface area (Å²) >= 11 is 0. The molecule has 23 heavy (non-hydrogen) atoms. The van der Waals surface area contributed by atoms with Crippen molar-refractivity contribution in [3.05, 3.63) is 59.9 Å². The van der Waals surface area contributed by atoms with Crippen LogP contribution in [0.1, 0.15) is 35.3 Å². The van der Waals surface area contributed by atoms with Gasteiger partial charge in [0.1, 0.15) is 6.04 Å². The maximum atomic E-state index is 12.4. The number of Topliss-reactive ketones (excluding diaryl/α,β-unsaturated/α-hetero) is 1. The second-order valence-electron chi connectivity index (χ2n) is 5.54. The van der Waals surface area contributed by atoms with Crippen molar-refractivity contribution >= 4 is 17.4 Å². The number of aromatic nitrogens is 1. The van der Waals surface area contributed by atoms with E-state index in [0.29, 0.717) is 17.7 Å². The van der Waals surface area contributed by atoms with Gasteiger partial charge in [-0.3, -0.25) is 14.6 Å². The van der Waals surface area contributed by atoms with Gasteiger partial charge in [-0.2, -0.15) is 0 Å². The molecule has 6 heteroatoms. The van der Waals surface area contributed by atoms with Gasteiger partial charge in [-0.05, 0) is 37.1 Å². The molecule has 0 spiro atoms. The Labute approximate surface area is 134 Å². The highest BCUT2D eigenvalue weighted by molar-refractivity contribution is 5.98. The minimum Gasteiger partial charge on any atom is -0.325 e. The molecule has 1 aliphatic rings. The number of anilines is 1. The van der Waals surface area contributed by atoms with Crippen LogP contribution in [0.15, 0.2) is 48.8 Å². The fraction of sp³-hybridized carbons (Fsp3) is 0.235. The summed E-state index contributed by atoms with van der Waals surface area (Å²) < 4.78 is 0. The SMILES string of the molecule is CC(=O)c1cccc(NC(=O)C2CC(c3cccnc3)NN2)c1. The van der Waals surface area contributed by atoms with Crippen LogP contribution in [0, 0.1) is 0 Å². The van der Waals surface area contributed by atoms with Crippen molar-refractivity contribution in [1.82, 2.24) is 15.8 Å². The van der Waals surface area contributed by atoms with Gasteiger partial charge in [-0.25, -0.2) is 10.9 Å². The Balaban J connectivity index is 1.63. The van der Waals surface area contributed by atoms with Gasteiger partial charge in [0.15, 0.2) is 5.78 Å². The number of nitrogens with zero attached hydrogens (tertiary/aromatic N) is 1. The molecule has 1 aliphatic heterocycles. The summed E-state index contributed by atoms with van der Waals surface area (Å²) in [6.07, 6.45) is 4.14. The molecule has 2 unspecified atom stereocenters. The maximum absolute atomic E-state index is 12.4. The molecule has 2 aromatic rings. The highest BCUT2D eigenvalue weighted by atomic mass is 16.2. The molecule has 0 aliphatic carbocycles. The fourth-order valence-corrected chi connectivity index (χ4v) is 2.57. The fourth-order valence-electron chi connectivity index (χ4n) is 2.57. The minimum atomic E-state index is -0.346. The summed E-state index contributed by atoms with van der Waals surface area (Å²) in [6, 6.07) is 10.5. The standard InChI is InChI=1S/C17H18N4O2/c1-11(22)12-4-2-6-14(8-12)19-17(23)16-9-15(20-21-16)13-5-3-7-18-10-13/h2-8,10,15-16,20-21H,9H2,1H3,(H,19,23). The molecule has 118 valence electrons. The van der Waals surface area contributed by atoms with Gasteiger partial charge in [0.25, 0.3) is 0 Å². The Morgan fingerprint density at radius 1 is 1.22 bits per heavy atom. The van der Waals surface area contributed by atoms with Crippen molar-refractivity contribution in [3.8, 4) is 0 Å². The van der Waals surface area contributed by atoms with Gasteiger partial charge in [-0.1, -0.05) is 18.2 Å². The van der Waals surface area contributed by atoms with Crippen LogP contribution in [-0.4, -0.2) is 22.7 Å². The van der Waals surface area contributed by atoms with E-state index in [-0.39, 0.29) is 23.8 Å². The summed E-state index contributed by atoms with van der Waals surface area (Å²) in [5.41, 5.74) is 8.35. The van der Waals surface area contributed by atoms with Gasteiger partial charge in [0.05, 0.1) is 0 Å². The van der Waals surface area contributed by atoms with Crippen molar-refractivity contribution in [2.45, 2.75) is 25.4 Å². The van der Waals surface area contributed by atoms with E-state index in [1.807, 2.05) is 12.1 Å². The number of carbonyl (C=O) groups is 2. The molecule has 1 aromatic heterocycles. The van der Waals surface area contributed by atoms with E-state index in [4.69, 9.17) is 0 Å². The second-order valence-corrected chi connectivity index (χ2v) is 5.54. The lowest BCUT2D eigenvalue weighted by Gasteiger charge is -2.11. The molecule has 1 aromatic carbocycles. The number of amides is 1. The molecule has 2 heterocycles. The molecule has 6 nitrogen and oxygen atoms in total. The van der Waals surface area contributed by atoms with E-state index >= 15 is 0 Å². The molecule has 1 amide bonds. The first-order chi connectivity index (χ1) is 11.1. The third-order valence-electron chi connectivity index (χ3n) is 3.84. The second kappa shape index (κ2) is 6.68. The largest absolute Gasteiger partial charge is 0.325 e. The van der Waals surface area contributed by atoms with Crippen LogP contribution in [0.3, 0.4) is 0 Å². The number of hydrogen-bond acceptors (Lipinski definition) is 5. The summed E-state index contributed by atoms with van der Waals surface area (Å²) in [7, 11) is 0. The zero-order valence-corrected chi connectivity index (χ0v) is 12.7. The van der Waals surface area contributed by atoms with Crippen molar-refractivity contribution in [2.24, 2.45) is 0 Å². The van der Waals surface area contributed by atoms with E-state index in [0.717, 1.165) is 5.56 Å². The van der Waals surface area contributed by atoms with Crippen LogP contribution in [-0.2, 0) is 4.79 Å². The highest BCUT2D eigenvalue weighted by Gasteiger charge is 2.30. The molecule has 1 fully saturated rings. The molecular formula is C17H18N4O2. The number of rotatable bonds is 4. The Kier molecular flexibility index (Phi) is 4.45. The first-order valence-corrected chi connectivity index (χ1v) is 7.46. The van der Waals surface area contributed by atoms with E-state index in [9.17, 15) is 9.59 Å². The Hall–Kier alpha value is -2.57. The van der Waals surface area contributed by atoms with Crippen LogP contribution in [0.5, 0.6) is 0 Å². The number of carbonyl (C=O) groups excluding carboxylic acids is 2. The van der Waals surface area contributed by atoms with Crippen molar-refractivity contribution < 1.29 is 9.59 Å². The maximum Gasteiger partial charge on any atom is 0.242 e. The third-order valence-corrected chi connectivity index (χ3v) is 3.84. The van der Waals surface area contributed by atoms with Crippen LogP contribution >= 0.6 is 0 Å². The normalized spacial score (nSPS) is 20.2. The molecule has 3 N–H and O–H groups in total. The smallest absolute Gasteiger partial charge is 0.242 e. The molecule has 1 saturated heterocycles. The lowest BCUT2D eigenvalue weighted by Crippen LogP contribution is -2.39. The predicted molar refractivity (Wildman–Crippen MR) is 86.7 cm³/mol. The molecule has 2 atom stereocenters. The van der Waals surface area contributed by atoms with Crippen LogP contribution < -0.4 is 16.2 Å². The number of ketones is 1. The quantitative estimate of drug-likeness (QED) is 0.751. The Morgan fingerprint density at radius 2 is 2.09 bits per heavy atom. The zero-order valence-electron chi connectivity index (χ0n) is 12.7. The number of benzene rings is 1. The Bertz CT molecular complexity index is 718. The summed E-state index contributed by atoms with van der Waals surface area (Å²) in [6.45, 7) is 1.50. The van der Waals surface area contributed by atoms with Gasteiger partial charge < -0.3 is 5.32 Å². The van der Waals surface area contributed by atoms with Crippen LogP contribution in [0.2, 0.25) is 0 Å². The number of nitrogens with one attached hydrogen (secondary N) is 3. The van der Waals surface area contributed by atoms with Crippen molar-refractivity contribution in [3.63, 3.8) is 0 Å². The molecule has 3 rings (SSSR count). The van der Waals surface area contributed by atoms with Gasteiger partial charge in [-0.15, -0.1) is 0 Å². The third kappa shape index (κ3) is 3.61. The predicted octanol–water partition coefficient (Wildman–Crippen LogP) is 1.83. The zero-order chi connectivity index (χ0) is 16.2. The van der Waals surface area contributed by atoms with Gasteiger partial charge in [0, 0.05) is 29.7 Å². The molecular weight excluding hydrogens is 292 g/mol. The summed E-state index contributed by atoms with van der Waals surface area (Å²) in [5, 5.41) is 2.84. The van der Waals surface area contributed by atoms with E-state index < -0.39 is 0 Å². The lowest BCUT2D eigenvalue weighted by atomic mass is 10.0. The van der Waals surface area contributed by atoms with Crippen molar-refractivity contribution in [1.29, 1.82) is 0 Å². The summed E-state index contributed by atoms with van der Waals surface area (Å²) in [4.78, 5) is 27.8. The summed E-state index contributed by atoms with van der Waals surface area (Å²) in [5.74, 6) is -0.164. The number of hydrogen-bond donors (Lipinski definition) is 3. The minimum absolute atomic E-state index is 0.0293. The van der Waals surface area contributed by atoms with Crippen LogP contribution in [0.4, 0.5) is 5.69 Å². The van der Waals surface area contributed by atoms with Crippen molar-refractivity contribution in [2.75, 3.05) is 5.32 Å². The topological polar surface area (TPSA) is 83.1 Å². The van der Waals surface area contributed by atoms with Gasteiger partial charge in [0.2, 0.25) is 5.91 Å². The first kappa shape index (κ1) is 15.3. The van der Waals surface area contributed by atoms with Gasteiger partial charge >= 0.3 is 0 Å². The highest BCUT2D eigenvalue weighted by Crippen LogP contribution is 2.22. The average Bonchev–Trinajstić information content (AvgIpc) is 3.06. The first-order valence-electron chi connectivity index (χ1n) is 7.46. The Morgan fingerprint density at radius 3 is 2.83 bits per heavy atom. The van der Waals surface area contributed by atoms with E-state index in [2.05, 4.69) is 21.2 Å². The number of hydrazine groups is 1. The lowest BCUT2D eigenvalue weighted by molar-refractivity contribution is -0.117. The average molecular weight is 310 g/mol.